The summed E-state index contributed by atoms with van der Waals surface area (Å²) in [5.41, 5.74) is 1.83. The molecular formula is C56H83N3O11. The molecule has 8 aliphatic rings. The number of hydroxylamine groups is 2. The number of aliphatic hydroxyl groups is 1. The van der Waals surface area contributed by atoms with E-state index in [-0.39, 0.29) is 43.9 Å². The van der Waals surface area contributed by atoms with Gasteiger partial charge >= 0.3 is 11.9 Å². The minimum atomic E-state index is -1.43. The number of likely N-dealkylation sites (tertiary alicyclic amines) is 1. The third kappa shape index (κ3) is 10.1. The minimum absolute atomic E-state index is 0.0118. The molecule has 5 saturated heterocycles. The van der Waals surface area contributed by atoms with Crippen molar-refractivity contribution in [3.8, 4) is 0 Å². The first-order valence-electron chi connectivity index (χ1n) is 27.2. The van der Waals surface area contributed by atoms with E-state index in [2.05, 4.69) is 70.3 Å². The lowest BCUT2D eigenvalue weighted by Crippen LogP contribution is -2.70. The number of carbonyl (C=O) groups excluding carboxylic acids is 4. The van der Waals surface area contributed by atoms with Gasteiger partial charge in [-0.05, 0) is 120 Å². The second-order valence-electron chi connectivity index (χ2n) is 24.2. The molecule has 70 heavy (non-hydrogen) atoms. The van der Waals surface area contributed by atoms with E-state index in [9.17, 15) is 19.5 Å². The molecule has 0 spiro atoms. The predicted octanol–water partition coefficient (Wildman–Crippen LogP) is 8.49. The molecule has 3 saturated carbocycles. The van der Waals surface area contributed by atoms with E-state index in [1.807, 2.05) is 0 Å². The predicted molar refractivity (Wildman–Crippen MR) is 262 cm³/mol. The Morgan fingerprint density at radius 3 is 2.33 bits per heavy atom. The van der Waals surface area contributed by atoms with Gasteiger partial charge in [0.2, 0.25) is 11.8 Å². The van der Waals surface area contributed by atoms with Crippen LogP contribution in [0.25, 0.3) is 6.08 Å². The summed E-state index contributed by atoms with van der Waals surface area (Å²) < 4.78 is 32.2. The van der Waals surface area contributed by atoms with E-state index in [0.29, 0.717) is 55.6 Å². The summed E-state index contributed by atoms with van der Waals surface area (Å²) in [7, 11) is 0. The number of fused-ring (bicyclic) bond motifs is 6. The van der Waals surface area contributed by atoms with Crippen LogP contribution in [0.1, 0.15) is 182 Å². The van der Waals surface area contributed by atoms with Gasteiger partial charge in [-0.15, -0.1) is 0 Å². The molecule has 3 aliphatic carbocycles. The number of ether oxygens (including phenoxy) is 5. The molecule has 0 radical (unpaired) electrons. The lowest BCUT2D eigenvalue weighted by molar-refractivity contribution is -0.225. The number of rotatable bonds is 18. The molecule has 1 aromatic carbocycles. The third-order valence-electron chi connectivity index (χ3n) is 17.5. The first kappa shape index (κ1) is 51.5. The van der Waals surface area contributed by atoms with Crippen LogP contribution in [0.3, 0.4) is 0 Å². The minimum Gasteiger partial charge on any atom is -0.460 e. The van der Waals surface area contributed by atoms with Crippen LogP contribution >= 0.6 is 0 Å². The second kappa shape index (κ2) is 20.1. The molecule has 5 aliphatic heterocycles. The third-order valence-corrected chi connectivity index (χ3v) is 17.5. The van der Waals surface area contributed by atoms with Crippen molar-refractivity contribution in [1.29, 1.82) is 0 Å². The molecule has 12 atom stereocenters. The first-order chi connectivity index (χ1) is 33.3. The van der Waals surface area contributed by atoms with Crippen molar-refractivity contribution < 1.29 is 52.8 Å². The Morgan fingerprint density at radius 2 is 1.66 bits per heavy atom. The van der Waals surface area contributed by atoms with Crippen molar-refractivity contribution in [1.82, 2.24) is 15.3 Å². The Labute approximate surface area is 416 Å². The largest absolute Gasteiger partial charge is 0.460 e. The number of benzene rings is 1. The van der Waals surface area contributed by atoms with E-state index in [1.165, 1.54) is 18.4 Å². The molecule has 14 heteroatoms. The number of esters is 2. The Bertz CT molecular complexity index is 2110. The van der Waals surface area contributed by atoms with Crippen LogP contribution < -0.4 is 5.32 Å². The standard InChI is InChI=1S/C56H83N3O11/c1-9-11-13-26-55(27-14-12-10-2)68-45-42-32-56(51(64)58-29-15-16-41(58)49(62)57-38(34-60)22-24-44(61)67-52(3,4)5)47(50(63)65-42)59(70-48(56)46(45)69-55)33-36-19-17-35(18-20-36)30-37-21-23-43-54(8,66-43)28-25-40-39(37)31-53(40,6)7/h17-20,30,38-43,45-48,60H,9-16,21-29,31-34H2,1-8H3,(H,57,62)/t38-,39+,40+,41+,42+,43?,45-,46-,47-,48+,54+,56-/m0/s1. The zero-order valence-corrected chi connectivity index (χ0v) is 43.4. The fourth-order valence-corrected chi connectivity index (χ4v) is 13.7. The zero-order valence-electron chi connectivity index (χ0n) is 43.4. The Morgan fingerprint density at radius 1 is 0.943 bits per heavy atom. The van der Waals surface area contributed by atoms with E-state index >= 15 is 4.79 Å². The van der Waals surface area contributed by atoms with Gasteiger partial charge in [-0.2, -0.15) is 5.06 Å². The Kier molecular flexibility index (Phi) is 14.8. The maximum absolute atomic E-state index is 15.8. The second-order valence-corrected chi connectivity index (χ2v) is 24.2. The van der Waals surface area contributed by atoms with Crippen molar-refractivity contribution in [2.24, 2.45) is 22.7 Å². The first-order valence-corrected chi connectivity index (χ1v) is 27.2. The van der Waals surface area contributed by atoms with Crippen LogP contribution in [0.2, 0.25) is 0 Å². The molecule has 1 aromatic rings. The van der Waals surface area contributed by atoms with Crippen LogP contribution in [0.4, 0.5) is 0 Å². The molecule has 388 valence electrons. The van der Waals surface area contributed by atoms with Crippen molar-refractivity contribution >= 4 is 29.8 Å². The smallest absolute Gasteiger partial charge is 0.327 e. The summed E-state index contributed by atoms with van der Waals surface area (Å²) in [5.74, 6) is -1.39. The van der Waals surface area contributed by atoms with Crippen molar-refractivity contribution in [2.75, 3.05) is 13.2 Å². The van der Waals surface area contributed by atoms with Gasteiger partial charge < -0.3 is 39.0 Å². The molecule has 8 fully saturated rings. The molecule has 2 amide bonds. The highest BCUT2D eigenvalue weighted by molar-refractivity contribution is 5.96. The molecule has 14 nitrogen and oxygen atoms in total. The summed E-state index contributed by atoms with van der Waals surface area (Å²) in [6.07, 6.45) is 14.0. The van der Waals surface area contributed by atoms with Gasteiger partial charge in [0.1, 0.15) is 41.5 Å². The van der Waals surface area contributed by atoms with Gasteiger partial charge in [-0.3, -0.25) is 24.0 Å². The van der Waals surface area contributed by atoms with Gasteiger partial charge in [-0.1, -0.05) is 89.3 Å². The van der Waals surface area contributed by atoms with Crippen LogP contribution in [0.15, 0.2) is 29.8 Å². The van der Waals surface area contributed by atoms with E-state index in [0.717, 1.165) is 68.9 Å². The summed E-state index contributed by atoms with van der Waals surface area (Å²) in [4.78, 5) is 65.9. The molecule has 9 rings (SSSR count). The van der Waals surface area contributed by atoms with Gasteiger partial charge in [0.25, 0.3) is 0 Å². The monoisotopic (exact) mass is 974 g/mol. The topological polar surface area (TPSA) is 166 Å². The SMILES string of the molecule is CCCCCC1(CCCCC)O[C@@H]2[C@H](O1)[C@H]1ON(Cc3ccc(C=C4CCC5O[C@]5(C)CC[C@@H]5[C@@H]4CC5(C)C)cc3)[C@H]3C(=O)O[C@@H]2C[C@@]13C(=O)N1CCC[C@@H]1C(=O)N[C@H](CO)CCC(=O)OC(C)(C)C. The highest BCUT2D eigenvalue weighted by Gasteiger charge is 2.77. The van der Waals surface area contributed by atoms with E-state index < -0.39 is 77.2 Å². The van der Waals surface area contributed by atoms with Gasteiger partial charge in [-0.25, -0.2) is 0 Å². The molecule has 5 heterocycles. The molecule has 1 unspecified atom stereocenters. The fraction of sp³-hybridized carbons (Fsp3) is 0.786. The molecule has 0 aromatic heterocycles. The summed E-state index contributed by atoms with van der Waals surface area (Å²) in [6, 6.07) is 5.81. The number of carbonyl (C=O) groups is 4. The highest BCUT2D eigenvalue weighted by Crippen LogP contribution is 2.61. The number of hydrogen-bond acceptors (Lipinski definition) is 12. The van der Waals surface area contributed by atoms with Gasteiger partial charge in [0.15, 0.2) is 11.8 Å². The van der Waals surface area contributed by atoms with Crippen molar-refractivity contribution in [3.63, 3.8) is 0 Å². The number of epoxide rings is 1. The lowest BCUT2D eigenvalue weighted by Gasteiger charge is -2.53. The number of hydrogen-bond donors (Lipinski definition) is 2. The molecular weight excluding hydrogens is 891 g/mol. The highest BCUT2D eigenvalue weighted by atomic mass is 16.8. The van der Waals surface area contributed by atoms with Crippen LogP contribution in [-0.2, 0) is 54.2 Å². The number of nitrogens with one attached hydrogen (secondary N) is 1. The number of aliphatic hydroxyl groups excluding tert-OH is 1. The number of nitrogens with zero attached hydrogens (tertiary/aromatic N) is 2. The maximum Gasteiger partial charge on any atom is 0.327 e. The summed E-state index contributed by atoms with van der Waals surface area (Å²) in [5, 5.41) is 14.9. The number of unbranched alkanes of at least 4 members (excludes halogenated alkanes) is 4. The summed E-state index contributed by atoms with van der Waals surface area (Å²) in [6.45, 7) is 17.0. The quantitative estimate of drug-likeness (QED) is 0.0820. The van der Waals surface area contributed by atoms with Crippen LogP contribution in [0, 0.1) is 22.7 Å². The molecule has 2 bridgehead atoms. The lowest BCUT2D eigenvalue weighted by atomic mass is 9.52. The average molecular weight is 974 g/mol. The van der Waals surface area contributed by atoms with Gasteiger partial charge in [0.05, 0.1) is 30.9 Å². The van der Waals surface area contributed by atoms with E-state index in [4.69, 9.17) is 28.5 Å². The van der Waals surface area contributed by atoms with Crippen molar-refractivity contribution in [2.45, 2.75) is 243 Å². The fourth-order valence-electron chi connectivity index (χ4n) is 13.7. The maximum atomic E-state index is 15.8. The Hall–Kier alpha value is -3.40. The van der Waals surface area contributed by atoms with Gasteiger partial charge in [0, 0.05) is 32.2 Å². The van der Waals surface area contributed by atoms with Crippen LogP contribution in [0.5, 0.6) is 0 Å². The zero-order chi connectivity index (χ0) is 49.8. The molecule has 2 N–H and O–H groups in total. The average Bonchev–Trinajstić information content (AvgIpc) is 3.68. The van der Waals surface area contributed by atoms with E-state index in [1.54, 1.807) is 30.7 Å². The Balaban J connectivity index is 0.985. The normalized spacial score (nSPS) is 35.8. The van der Waals surface area contributed by atoms with Crippen molar-refractivity contribution in [3.05, 3.63) is 41.0 Å². The number of amides is 2. The summed E-state index contributed by atoms with van der Waals surface area (Å²) >= 11 is 0. The number of allylic oxidation sites excluding steroid dienone is 1. The van der Waals surface area contributed by atoms with Crippen LogP contribution in [-0.4, -0.2) is 118 Å².